The summed E-state index contributed by atoms with van der Waals surface area (Å²) in [5.41, 5.74) is 22.8. The molecule has 0 aliphatic heterocycles. The van der Waals surface area contributed by atoms with E-state index in [-0.39, 0.29) is 30.2 Å². The minimum atomic E-state index is -2.85. The van der Waals surface area contributed by atoms with Gasteiger partial charge in [0.25, 0.3) is 0 Å². The van der Waals surface area contributed by atoms with E-state index in [2.05, 4.69) is 173 Å². The first-order chi connectivity index (χ1) is 24.8. The van der Waals surface area contributed by atoms with Gasteiger partial charge in [-0.05, 0) is 0 Å². The van der Waals surface area contributed by atoms with Gasteiger partial charge in [0.1, 0.15) is 0 Å². The average molecular weight is 831 g/mol. The second kappa shape index (κ2) is 16.6. The van der Waals surface area contributed by atoms with Gasteiger partial charge in [0.15, 0.2) is 0 Å². The molecule has 0 saturated heterocycles. The molecule has 2 aliphatic rings. The van der Waals surface area contributed by atoms with Crippen LogP contribution >= 0.6 is 0 Å². The zero-order chi connectivity index (χ0) is 37.1. The van der Waals surface area contributed by atoms with Crippen LogP contribution in [-0.4, -0.2) is 3.21 Å². The maximum atomic E-state index is 2.70. The van der Waals surface area contributed by atoms with Crippen molar-refractivity contribution in [1.82, 2.24) is 0 Å². The van der Waals surface area contributed by atoms with Gasteiger partial charge < -0.3 is 24.8 Å². The fourth-order valence-corrected chi connectivity index (χ4v) is 17.9. The van der Waals surface area contributed by atoms with E-state index in [1.807, 2.05) is 0 Å². The quantitative estimate of drug-likeness (QED) is 0.160. The summed E-state index contributed by atoms with van der Waals surface area (Å²) in [7, 11) is 0. The third kappa shape index (κ3) is 7.81. The maximum Gasteiger partial charge on any atom is -1.00 e. The Kier molecular flexibility index (Phi) is 12.9. The molecule has 0 spiro atoms. The SMILES string of the molecule is CCCC1C=C(C(C)(C)C)C=[C]1/[Zr+2](=[C](\C)c1ccccc1)[c]1c(-c2c(C)cc(C)cc2C)ccc2c1Cc1cc(-c3c(C)cc(C)cc3C)ccc1-2.[Cl-].[Cl-]. The van der Waals surface area contributed by atoms with Crippen LogP contribution in [0.1, 0.15) is 97.5 Å². The first-order valence-electron chi connectivity index (χ1n) is 19.4. The van der Waals surface area contributed by atoms with Crippen molar-refractivity contribution in [3.05, 3.63) is 156 Å². The summed E-state index contributed by atoms with van der Waals surface area (Å²) in [5, 5.41) is 0. The molecule has 0 amide bonds. The Morgan fingerprint density at radius 2 is 1.24 bits per heavy atom. The number of hydrogen-bond acceptors (Lipinski definition) is 0. The van der Waals surface area contributed by atoms with Gasteiger partial charge in [-0.25, -0.2) is 0 Å². The van der Waals surface area contributed by atoms with E-state index in [4.69, 9.17) is 0 Å². The van der Waals surface area contributed by atoms with Gasteiger partial charge in [0, 0.05) is 0 Å². The monoisotopic (exact) mass is 828 g/mol. The molecule has 0 fully saturated rings. The van der Waals surface area contributed by atoms with E-state index in [1.165, 1.54) is 96.3 Å². The first kappa shape index (κ1) is 42.1. The van der Waals surface area contributed by atoms with Crippen LogP contribution < -0.4 is 28.1 Å². The predicted molar refractivity (Wildman–Crippen MR) is 224 cm³/mol. The Balaban J connectivity index is 0.00000280. The first-order valence-corrected chi connectivity index (χ1v) is 23.1. The molecule has 7 rings (SSSR count). The second-order valence-corrected chi connectivity index (χ2v) is 23.2. The molecule has 1 unspecified atom stereocenters. The smallest absolute Gasteiger partial charge is 1.00 e. The maximum absolute atomic E-state index is 2.85. The topological polar surface area (TPSA) is 0 Å². The molecule has 0 N–H and O–H groups in total. The third-order valence-electron chi connectivity index (χ3n) is 11.7. The van der Waals surface area contributed by atoms with Gasteiger partial charge in [0.2, 0.25) is 0 Å². The van der Waals surface area contributed by atoms with Crippen molar-refractivity contribution in [3.8, 4) is 33.4 Å². The molecular formula is C51H56Cl2Zr. The van der Waals surface area contributed by atoms with E-state index in [9.17, 15) is 0 Å². The van der Waals surface area contributed by atoms with Crippen LogP contribution in [0.3, 0.4) is 0 Å². The fourth-order valence-electron chi connectivity index (χ4n) is 9.45. The normalized spacial score (nSPS) is 14.7. The van der Waals surface area contributed by atoms with Crippen LogP contribution in [0.2, 0.25) is 0 Å². The molecule has 0 bridgehead atoms. The van der Waals surface area contributed by atoms with Crippen molar-refractivity contribution in [2.24, 2.45) is 11.3 Å². The molecule has 54 heavy (non-hydrogen) atoms. The van der Waals surface area contributed by atoms with Gasteiger partial charge in [-0.3, -0.25) is 0 Å². The third-order valence-corrected chi connectivity index (χ3v) is 19.5. The number of hydrogen-bond donors (Lipinski definition) is 0. The summed E-state index contributed by atoms with van der Waals surface area (Å²) in [4.78, 5) is 0. The summed E-state index contributed by atoms with van der Waals surface area (Å²) in [5.74, 6) is 0.499. The zero-order valence-corrected chi connectivity index (χ0v) is 38.2. The number of allylic oxidation sites excluding steroid dienone is 4. The molecule has 0 aromatic heterocycles. The molecule has 3 heteroatoms. The molecule has 0 nitrogen and oxygen atoms in total. The number of rotatable bonds is 7. The van der Waals surface area contributed by atoms with E-state index in [1.54, 1.807) is 15.3 Å². The summed E-state index contributed by atoms with van der Waals surface area (Å²) in [6, 6.07) is 33.2. The summed E-state index contributed by atoms with van der Waals surface area (Å²) in [6.45, 7) is 25.7. The second-order valence-electron chi connectivity index (χ2n) is 16.8. The number of aryl methyl sites for hydroxylation is 6. The van der Waals surface area contributed by atoms with Crippen LogP contribution in [-0.2, 0) is 27.7 Å². The van der Waals surface area contributed by atoms with Crippen molar-refractivity contribution < 1.29 is 46.1 Å². The van der Waals surface area contributed by atoms with Crippen molar-refractivity contribution in [1.29, 1.82) is 0 Å². The Labute approximate surface area is 346 Å². The van der Waals surface area contributed by atoms with Crippen LogP contribution in [0, 0.1) is 52.9 Å². The average Bonchev–Trinajstić information content (AvgIpc) is 3.67. The van der Waals surface area contributed by atoms with Crippen molar-refractivity contribution >= 4 is 6.48 Å². The van der Waals surface area contributed by atoms with E-state index >= 15 is 0 Å². The summed E-state index contributed by atoms with van der Waals surface area (Å²) >= 11 is -2.85. The molecular weight excluding hydrogens is 775 g/mol. The van der Waals surface area contributed by atoms with E-state index < -0.39 is 21.3 Å². The molecule has 278 valence electrons. The van der Waals surface area contributed by atoms with Gasteiger partial charge in [0.05, 0.1) is 0 Å². The predicted octanol–water partition coefficient (Wildman–Crippen LogP) is 7.22. The molecule has 2 aliphatic carbocycles. The Hall–Kier alpha value is -3.09. The molecule has 5 aromatic rings. The largest absolute Gasteiger partial charge is 1.00 e. The Morgan fingerprint density at radius 3 is 1.81 bits per heavy atom. The van der Waals surface area contributed by atoms with Gasteiger partial charge in [-0.15, -0.1) is 0 Å². The molecule has 1 atom stereocenters. The Morgan fingerprint density at radius 1 is 0.685 bits per heavy atom. The van der Waals surface area contributed by atoms with Crippen LogP contribution in [0.15, 0.2) is 106 Å². The number of fused-ring (bicyclic) bond motifs is 3. The summed E-state index contributed by atoms with van der Waals surface area (Å²) in [6.07, 6.45) is 8.76. The zero-order valence-electron chi connectivity index (χ0n) is 34.2. The van der Waals surface area contributed by atoms with Crippen LogP contribution in [0.5, 0.6) is 0 Å². The van der Waals surface area contributed by atoms with Crippen LogP contribution in [0.4, 0.5) is 0 Å². The minimum absolute atomic E-state index is 0. The molecule has 0 saturated carbocycles. The fraction of sp³-hybridized carbons (Fsp3) is 0.314. The van der Waals surface area contributed by atoms with Crippen molar-refractivity contribution in [2.75, 3.05) is 0 Å². The molecule has 0 radical (unpaired) electrons. The van der Waals surface area contributed by atoms with Gasteiger partial charge >= 0.3 is 324 Å². The van der Waals surface area contributed by atoms with Gasteiger partial charge in [-0.2, -0.15) is 0 Å². The number of halogens is 2. The molecule has 0 heterocycles. The standard InChI is InChI=1S/C31H29.C12H19.C8H8.2ClH.Zr/c1-18-11-20(3)30(21(4)12-18)24-7-9-28-26(15-24)17-27-16-25(8-10-29(27)28)31-22(5)13-19(2)14-23(31)6;1-5-6-10-7-8-11(9-10)12(2,3)4;1-2-8-6-4-3-5-7-8;;;/h7-15H,17H2,1-6H3;8-10H,5-6H2,1-4H3;3-7H,1H3;2*1H;/q;;;;;+2/p-2. The Bertz CT molecular complexity index is 2280. The summed E-state index contributed by atoms with van der Waals surface area (Å²) < 4.78 is 5.10. The van der Waals surface area contributed by atoms with Crippen molar-refractivity contribution in [3.63, 3.8) is 0 Å². The van der Waals surface area contributed by atoms with E-state index in [0.717, 1.165) is 6.42 Å². The van der Waals surface area contributed by atoms with E-state index in [0.29, 0.717) is 5.92 Å². The van der Waals surface area contributed by atoms with Crippen molar-refractivity contribution in [2.45, 2.75) is 95.4 Å². The minimum Gasteiger partial charge on any atom is -1.00 e. The number of benzene rings is 5. The molecule has 5 aromatic carbocycles. The van der Waals surface area contributed by atoms with Gasteiger partial charge in [-0.1, -0.05) is 0 Å². The van der Waals surface area contributed by atoms with Crippen LogP contribution in [0.25, 0.3) is 33.4 Å².